The van der Waals surface area contributed by atoms with E-state index in [1.54, 1.807) is 6.08 Å². The maximum Gasteiger partial charge on any atom is 0.0314 e. The van der Waals surface area contributed by atoms with E-state index in [2.05, 4.69) is 6.58 Å². The molecule has 0 spiro atoms. The minimum Gasteiger partial charge on any atom is -0.399 e. The first kappa shape index (κ1) is 12.0. The third-order valence-corrected chi connectivity index (χ3v) is 2.73. The minimum absolute atomic E-state index is 0.758. The third-order valence-electron chi connectivity index (χ3n) is 2.73. The van der Waals surface area contributed by atoms with E-state index in [9.17, 15) is 0 Å². The van der Waals surface area contributed by atoms with Crippen LogP contribution in [0.4, 0.5) is 11.4 Å². The third kappa shape index (κ3) is 2.61. The van der Waals surface area contributed by atoms with Crippen molar-refractivity contribution in [2.45, 2.75) is 0 Å². The van der Waals surface area contributed by atoms with Gasteiger partial charge in [-0.05, 0) is 41.0 Å². The number of benzene rings is 2. The van der Waals surface area contributed by atoms with E-state index in [1.807, 2.05) is 54.6 Å². The summed E-state index contributed by atoms with van der Waals surface area (Å²) in [7, 11) is 0. The molecule has 2 nitrogen and oxygen atoms in total. The molecule has 2 heteroatoms. The van der Waals surface area contributed by atoms with Gasteiger partial charge in [-0.1, -0.05) is 43.0 Å². The maximum atomic E-state index is 5.70. The number of hydrogen-bond donors (Lipinski definition) is 2. The molecule has 0 heterocycles. The number of anilines is 2. The summed E-state index contributed by atoms with van der Waals surface area (Å²) >= 11 is 0. The first-order chi connectivity index (χ1) is 8.70. The van der Waals surface area contributed by atoms with Gasteiger partial charge in [0.2, 0.25) is 0 Å². The lowest BCUT2D eigenvalue weighted by molar-refractivity contribution is 1.54. The summed E-state index contributed by atoms with van der Waals surface area (Å²) in [4.78, 5) is 0. The van der Waals surface area contributed by atoms with Gasteiger partial charge in [0.1, 0.15) is 0 Å². The number of allylic oxidation sites excluding steroid dienone is 2. The molecule has 0 bridgehead atoms. The highest BCUT2D eigenvalue weighted by atomic mass is 14.5. The molecule has 90 valence electrons. The molecule has 2 aromatic carbocycles. The summed E-state index contributed by atoms with van der Waals surface area (Å²) in [5.74, 6) is 0. The van der Waals surface area contributed by atoms with Crippen LogP contribution in [-0.2, 0) is 0 Å². The van der Waals surface area contributed by atoms with Gasteiger partial charge < -0.3 is 11.5 Å². The highest BCUT2D eigenvalue weighted by Gasteiger charge is 2.03. The molecule has 0 atom stereocenters. The zero-order chi connectivity index (χ0) is 13.0. The van der Waals surface area contributed by atoms with Gasteiger partial charge in [0.25, 0.3) is 0 Å². The molecular weight excluding hydrogens is 220 g/mol. The van der Waals surface area contributed by atoms with Gasteiger partial charge in [-0.3, -0.25) is 0 Å². The highest BCUT2D eigenvalue weighted by Crippen LogP contribution is 2.25. The van der Waals surface area contributed by atoms with Crippen LogP contribution in [0.3, 0.4) is 0 Å². The van der Waals surface area contributed by atoms with Crippen LogP contribution < -0.4 is 11.5 Å². The van der Waals surface area contributed by atoms with E-state index >= 15 is 0 Å². The van der Waals surface area contributed by atoms with Crippen LogP contribution in [0, 0.1) is 0 Å². The zero-order valence-electron chi connectivity index (χ0n) is 10.1. The van der Waals surface area contributed by atoms with Crippen LogP contribution in [0.2, 0.25) is 0 Å². The van der Waals surface area contributed by atoms with Crippen molar-refractivity contribution in [3.63, 3.8) is 0 Å². The van der Waals surface area contributed by atoms with Crippen LogP contribution in [0.25, 0.3) is 5.57 Å². The second kappa shape index (κ2) is 5.23. The van der Waals surface area contributed by atoms with E-state index in [-0.39, 0.29) is 0 Å². The van der Waals surface area contributed by atoms with Crippen molar-refractivity contribution < 1.29 is 0 Å². The Hall–Kier alpha value is -2.48. The van der Waals surface area contributed by atoms with Crippen molar-refractivity contribution in [3.05, 3.63) is 78.4 Å². The first-order valence-electron chi connectivity index (χ1n) is 5.75. The molecular formula is C16H16N2. The molecule has 0 saturated carbocycles. The van der Waals surface area contributed by atoms with Crippen LogP contribution >= 0.6 is 0 Å². The molecule has 0 aliphatic rings. The fourth-order valence-electron chi connectivity index (χ4n) is 1.80. The number of rotatable bonds is 3. The Kier molecular flexibility index (Phi) is 3.49. The van der Waals surface area contributed by atoms with Gasteiger partial charge in [0, 0.05) is 11.4 Å². The van der Waals surface area contributed by atoms with Crippen molar-refractivity contribution in [2.24, 2.45) is 0 Å². The number of hydrogen-bond acceptors (Lipinski definition) is 2. The Morgan fingerprint density at radius 2 is 1.17 bits per heavy atom. The van der Waals surface area contributed by atoms with Gasteiger partial charge in [0.05, 0.1) is 0 Å². The molecule has 2 aromatic rings. The van der Waals surface area contributed by atoms with Crippen molar-refractivity contribution in [3.8, 4) is 0 Å². The molecule has 0 unspecified atom stereocenters. The molecule has 0 amide bonds. The monoisotopic (exact) mass is 236 g/mol. The lowest BCUT2D eigenvalue weighted by Gasteiger charge is -2.08. The van der Waals surface area contributed by atoms with Crippen LogP contribution in [0.1, 0.15) is 11.1 Å². The Morgan fingerprint density at radius 1 is 0.778 bits per heavy atom. The van der Waals surface area contributed by atoms with Gasteiger partial charge in [0.15, 0.2) is 0 Å². The molecule has 0 aliphatic heterocycles. The van der Waals surface area contributed by atoms with Gasteiger partial charge in [-0.2, -0.15) is 0 Å². The SMILES string of the molecule is C=CC=C(c1ccc(N)cc1)c1ccc(N)cc1. The summed E-state index contributed by atoms with van der Waals surface area (Å²) in [5.41, 5.74) is 16.2. The van der Waals surface area contributed by atoms with E-state index in [0.717, 1.165) is 28.1 Å². The second-order valence-corrected chi connectivity index (χ2v) is 4.06. The topological polar surface area (TPSA) is 52.0 Å². The minimum atomic E-state index is 0.758. The predicted molar refractivity (Wildman–Crippen MR) is 79.0 cm³/mol. The molecule has 2 rings (SSSR count). The quantitative estimate of drug-likeness (QED) is 0.633. The molecule has 18 heavy (non-hydrogen) atoms. The smallest absolute Gasteiger partial charge is 0.0314 e. The average molecular weight is 236 g/mol. The fourth-order valence-corrected chi connectivity index (χ4v) is 1.80. The Balaban J connectivity index is 2.46. The average Bonchev–Trinajstić information content (AvgIpc) is 2.39. The molecule has 0 aliphatic carbocycles. The Morgan fingerprint density at radius 3 is 1.50 bits per heavy atom. The summed E-state index contributed by atoms with van der Waals surface area (Å²) in [5, 5.41) is 0. The van der Waals surface area contributed by atoms with E-state index in [4.69, 9.17) is 11.5 Å². The summed E-state index contributed by atoms with van der Waals surface area (Å²) < 4.78 is 0. The lowest BCUT2D eigenvalue weighted by atomic mass is 9.97. The molecule has 4 N–H and O–H groups in total. The standard InChI is InChI=1S/C16H16N2/c1-2-3-16(12-4-8-14(17)9-5-12)13-6-10-15(18)11-7-13/h2-11H,1,17-18H2. The van der Waals surface area contributed by atoms with Crippen LogP contribution in [0.15, 0.2) is 67.3 Å². The van der Waals surface area contributed by atoms with E-state index < -0.39 is 0 Å². The van der Waals surface area contributed by atoms with Gasteiger partial charge >= 0.3 is 0 Å². The number of nitrogens with two attached hydrogens (primary N) is 2. The van der Waals surface area contributed by atoms with Gasteiger partial charge in [-0.15, -0.1) is 0 Å². The maximum absolute atomic E-state index is 5.70. The first-order valence-corrected chi connectivity index (χ1v) is 5.75. The molecule has 0 saturated heterocycles. The molecule has 0 aromatic heterocycles. The molecule has 0 radical (unpaired) electrons. The van der Waals surface area contributed by atoms with Crippen molar-refractivity contribution in [1.82, 2.24) is 0 Å². The Bertz CT molecular complexity index is 516. The van der Waals surface area contributed by atoms with E-state index in [1.165, 1.54) is 0 Å². The van der Waals surface area contributed by atoms with Crippen molar-refractivity contribution >= 4 is 16.9 Å². The van der Waals surface area contributed by atoms with Crippen LogP contribution in [0.5, 0.6) is 0 Å². The van der Waals surface area contributed by atoms with E-state index in [0.29, 0.717) is 0 Å². The molecule has 0 fully saturated rings. The fraction of sp³-hybridized carbons (Fsp3) is 0. The summed E-state index contributed by atoms with van der Waals surface area (Å²) in [6.45, 7) is 3.76. The normalized spacial score (nSPS) is 9.78. The summed E-state index contributed by atoms with van der Waals surface area (Å²) in [6, 6.07) is 15.6. The highest BCUT2D eigenvalue weighted by molar-refractivity contribution is 5.81. The summed E-state index contributed by atoms with van der Waals surface area (Å²) in [6.07, 6.45) is 3.76. The van der Waals surface area contributed by atoms with Gasteiger partial charge in [-0.25, -0.2) is 0 Å². The van der Waals surface area contributed by atoms with Crippen molar-refractivity contribution in [1.29, 1.82) is 0 Å². The number of nitrogen functional groups attached to an aromatic ring is 2. The lowest BCUT2D eigenvalue weighted by Crippen LogP contribution is -1.91. The Labute approximate surface area is 107 Å². The zero-order valence-corrected chi connectivity index (χ0v) is 10.1. The van der Waals surface area contributed by atoms with Crippen molar-refractivity contribution in [2.75, 3.05) is 11.5 Å². The largest absolute Gasteiger partial charge is 0.399 e. The second-order valence-electron chi connectivity index (χ2n) is 4.06. The van der Waals surface area contributed by atoms with Crippen LogP contribution in [-0.4, -0.2) is 0 Å². The predicted octanol–water partition coefficient (Wildman–Crippen LogP) is 3.47.